The highest BCUT2D eigenvalue weighted by Gasteiger charge is 2.30. The molecular weight excluding hydrogens is 1330 g/mol. The van der Waals surface area contributed by atoms with E-state index < -0.39 is 97.5 Å². The number of unbranched alkanes of at least 4 members (excludes halogenated alkanes) is 20. The number of phosphoric acid groups is 2. The third kappa shape index (κ3) is 73.0. The lowest BCUT2D eigenvalue weighted by Gasteiger charge is -2.21. The number of phosphoric ester groups is 2. The van der Waals surface area contributed by atoms with Crippen LogP contribution in [0, 0.1) is 0 Å². The maximum atomic E-state index is 13.1. The van der Waals surface area contributed by atoms with E-state index in [2.05, 4.69) is 149 Å². The van der Waals surface area contributed by atoms with Gasteiger partial charge in [0.05, 0.1) is 32.8 Å². The number of esters is 4. The Morgan fingerprint density at radius 3 is 0.931 bits per heavy atom. The Labute approximate surface area is 617 Å². The van der Waals surface area contributed by atoms with Crippen LogP contribution in [-0.4, -0.2) is 96.7 Å². The first-order valence-corrected chi connectivity index (χ1v) is 41.7. The summed E-state index contributed by atoms with van der Waals surface area (Å²) in [5.41, 5.74) is 0. The van der Waals surface area contributed by atoms with E-state index in [0.29, 0.717) is 32.1 Å². The Kier molecular flexibility index (Phi) is 70.1. The summed E-state index contributed by atoms with van der Waals surface area (Å²) in [6.45, 7) is 4.40. The Hall–Kier alpha value is -5.32. The van der Waals surface area contributed by atoms with E-state index in [1.165, 1.54) is 57.8 Å². The average molecular weight is 1470 g/mol. The van der Waals surface area contributed by atoms with Gasteiger partial charge < -0.3 is 33.8 Å². The lowest BCUT2D eigenvalue weighted by Crippen LogP contribution is -2.30. The lowest BCUT2D eigenvalue weighted by atomic mass is 10.1. The van der Waals surface area contributed by atoms with Crippen molar-refractivity contribution in [2.75, 3.05) is 39.6 Å². The number of carbonyl (C=O) groups excluding carboxylic acids is 4. The van der Waals surface area contributed by atoms with Crippen LogP contribution in [-0.2, 0) is 65.4 Å². The van der Waals surface area contributed by atoms with Crippen LogP contribution in [0.5, 0.6) is 0 Å². The zero-order valence-corrected chi connectivity index (χ0v) is 65.0. The maximum absolute atomic E-state index is 13.1. The highest BCUT2D eigenvalue weighted by molar-refractivity contribution is 7.47. The van der Waals surface area contributed by atoms with Gasteiger partial charge in [-0.25, -0.2) is 9.13 Å². The van der Waals surface area contributed by atoms with Crippen molar-refractivity contribution in [3.8, 4) is 0 Å². The zero-order chi connectivity index (χ0) is 74.6. The van der Waals surface area contributed by atoms with Gasteiger partial charge in [0.2, 0.25) is 0 Å². The molecule has 0 radical (unpaired) electrons. The van der Waals surface area contributed by atoms with Crippen molar-refractivity contribution in [2.24, 2.45) is 0 Å². The molecule has 0 fully saturated rings. The first-order chi connectivity index (χ1) is 49.7. The number of ether oxygens (including phenoxy) is 4. The SMILES string of the molecule is CC/C=C\C/C=C\C/C=C\C/C=C\C/C=C\CCCC(=O)OC(COC(=O)CCCCCCCC/C=C\C/C=C\C/C=C\CCCCC)COP(=O)(O)OCC(O)COP(=O)(O)OCC(COC(=O)C/C=C\C/C=C\C/C=C\C/C=C\C/C=C\CC)OC(=O)CCCCCCCCCCCCC. The van der Waals surface area contributed by atoms with Crippen LogP contribution < -0.4 is 0 Å². The van der Waals surface area contributed by atoms with Crippen LogP contribution in [0.1, 0.15) is 285 Å². The fourth-order valence-corrected chi connectivity index (χ4v) is 11.3. The Morgan fingerprint density at radius 2 is 0.559 bits per heavy atom. The molecule has 102 heavy (non-hydrogen) atoms. The molecular formula is C83H136O17P2. The number of aliphatic hydroxyl groups excluding tert-OH is 1. The molecule has 19 heteroatoms. The quantitative estimate of drug-likeness (QED) is 0.0169. The standard InChI is InChI=1S/C83H136O17P2/c1-5-9-13-17-21-25-29-32-35-37-38-40-42-45-49-52-56-60-64-68-81(86)94-74-79(100-83(88)70-66-62-58-54-50-46-43-39-36-33-30-26-22-18-14-10-6-2)76-98-102(91,92)96-72-77(84)71-95-101(89,90)97-75-78(99-82(87)69-65-61-57-53-47-28-24-20-16-12-8-4)73-93-80(85)67-63-59-55-51-48-44-41-34-31-27-23-19-15-11-7-3/h10-11,14-15,21-23,25-27,32-36,38,40-41,43,46,48,51,54,58-59,63,77-79,84H,5-9,12-13,16-20,24,28-31,37,39,42,44-45,47,49-50,52-53,55-57,60-62,64-76H2,1-4H3,(H,89,90)(H,91,92)/b14-10-,15-11-,25-21-,26-22-,27-23-,35-32-,36-33-,40-38-,41-34-,46-43-,51-48-,58-54-,63-59-. The summed E-state index contributed by atoms with van der Waals surface area (Å²) in [5.74, 6) is -2.41. The van der Waals surface area contributed by atoms with Crippen LogP contribution in [0.3, 0.4) is 0 Å². The number of allylic oxidation sites excluding steroid dienone is 25. The fourth-order valence-electron chi connectivity index (χ4n) is 9.69. The minimum atomic E-state index is -5.01. The first kappa shape index (κ1) is 96.7. The van der Waals surface area contributed by atoms with E-state index in [9.17, 15) is 43.2 Å². The molecule has 0 aliphatic carbocycles. The Bertz CT molecular complexity index is 2550. The van der Waals surface area contributed by atoms with Gasteiger partial charge in [0, 0.05) is 19.3 Å². The molecule has 0 aromatic carbocycles. The molecule has 0 saturated carbocycles. The molecule has 0 amide bonds. The Balaban J connectivity index is 5.47. The molecule has 0 bridgehead atoms. The van der Waals surface area contributed by atoms with Crippen LogP contribution >= 0.6 is 15.6 Å². The van der Waals surface area contributed by atoms with Gasteiger partial charge in [-0.2, -0.15) is 0 Å². The number of hydrogen-bond acceptors (Lipinski definition) is 15. The number of aliphatic hydroxyl groups is 1. The van der Waals surface area contributed by atoms with Gasteiger partial charge in [-0.15, -0.1) is 0 Å². The molecule has 5 atom stereocenters. The molecule has 0 aromatic rings. The van der Waals surface area contributed by atoms with E-state index >= 15 is 0 Å². The molecule has 0 spiro atoms. The zero-order valence-electron chi connectivity index (χ0n) is 63.2. The van der Waals surface area contributed by atoms with Gasteiger partial charge in [-0.3, -0.25) is 37.3 Å². The first-order valence-electron chi connectivity index (χ1n) is 38.7. The number of hydrogen-bond donors (Lipinski definition) is 3. The van der Waals surface area contributed by atoms with E-state index in [1.54, 1.807) is 6.08 Å². The fraction of sp³-hybridized carbons (Fsp3) is 0.639. The van der Waals surface area contributed by atoms with E-state index in [1.807, 2.05) is 30.4 Å². The smallest absolute Gasteiger partial charge is 0.462 e. The monoisotopic (exact) mass is 1470 g/mol. The van der Waals surface area contributed by atoms with Gasteiger partial charge in [0.1, 0.15) is 19.3 Å². The van der Waals surface area contributed by atoms with Crippen molar-refractivity contribution in [1.82, 2.24) is 0 Å². The van der Waals surface area contributed by atoms with Crippen molar-refractivity contribution in [1.29, 1.82) is 0 Å². The highest BCUT2D eigenvalue weighted by atomic mass is 31.2. The van der Waals surface area contributed by atoms with E-state index in [0.717, 1.165) is 141 Å². The van der Waals surface area contributed by atoms with Gasteiger partial charge in [-0.05, 0) is 128 Å². The minimum Gasteiger partial charge on any atom is -0.462 e. The van der Waals surface area contributed by atoms with Crippen molar-refractivity contribution in [3.05, 3.63) is 158 Å². The molecule has 0 heterocycles. The van der Waals surface area contributed by atoms with Crippen LogP contribution in [0.2, 0.25) is 0 Å². The maximum Gasteiger partial charge on any atom is 0.472 e. The van der Waals surface area contributed by atoms with E-state index in [4.69, 9.17) is 37.0 Å². The second-order valence-corrected chi connectivity index (χ2v) is 28.1. The molecule has 0 aliphatic heterocycles. The predicted molar refractivity (Wildman–Crippen MR) is 417 cm³/mol. The summed E-state index contributed by atoms with van der Waals surface area (Å²) >= 11 is 0. The number of rotatable bonds is 71. The topological polar surface area (TPSA) is 237 Å². The number of carbonyl (C=O) groups is 4. The average Bonchev–Trinajstić information content (AvgIpc) is 0.927. The molecule has 580 valence electrons. The van der Waals surface area contributed by atoms with E-state index in [-0.39, 0.29) is 25.7 Å². The van der Waals surface area contributed by atoms with Gasteiger partial charge in [0.25, 0.3) is 0 Å². The molecule has 5 unspecified atom stereocenters. The molecule has 3 N–H and O–H groups in total. The predicted octanol–water partition coefficient (Wildman–Crippen LogP) is 22.4. The third-order valence-electron chi connectivity index (χ3n) is 15.5. The second kappa shape index (κ2) is 74.0. The van der Waals surface area contributed by atoms with Gasteiger partial charge in [-0.1, -0.05) is 288 Å². The third-order valence-corrected chi connectivity index (χ3v) is 17.4. The molecule has 0 saturated heterocycles. The minimum absolute atomic E-state index is 0.00676. The van der Waals surface area contributed by atoms with Crippen LogP contribution in [0.4, 0.5) is 0 Å². The summed E-state index contributed by atoms with van der Waals surface area (Å²) < 4.78 is 68.3. The van der Waals surface area contributed by atoms with Crippen molar-refractivity contribution in [2.45, 2.75) is 303 Å². The molecule has 17 nitrogen and oxygen atoms in total. The normalized spacial score (nSPS) is 14.8. The summed E-state index contributed by atoms with van der Waals surface area (Å²) in [6.07, 6.45) is 85.6. The summed E-state index contributed by atoms with van der Waals surface area (Å²) in [6, 6.07) is 0. The highest BCUT2D eigenvalue weighted by Crippen LogP contribution is 2.45. The summed E-state index contributed by atoms with van der Waals surface area (Å²) in [7, 11) is -10.0. The van der Waals surface area contributed by atoms with Crippen LogP contribution in [0.25, 0.3) is 0 Å². The Morgan fingerprint density at radius 1 is 0.294 bits per heavy atom. The van der Waals surface area contributed by atoms with Crippen molar-refractivity contribution < 1.29 is 80.2 Å². The van der Waals surface area contributed by atoms with Crippen molar-refractivity contribution >= 4 is 39.5 Å². The molecule has 0 aromatic heterocycles. The lowest BCUT2D eigenvalue weighted by molar-refractivity contribution is -0.161. The van der Waals surface area contributed by atoms with Crippen molar-refractivity contribution in [3.63, 3.8) is 0 Å². The largest absolute Gasteiger partial charge is 0.472 e. The van der Waals surface area contributed by atoms with Gasteiger partial charge >= 0.3 is 39.5 Å². The molecule has 0 rings (SSSR count). The van der Waals surface area contributed by atoms with Crippen LogP contribution in [0.15, 0.2) is 158 Å². The summed E-state index contributed by atoms with van der Waals surface area (Å²) in [4.78, 5) is 72.8. The molecule has 0 aliphatic rings. The summed E-state index contributed by atoms with van der Waals surface area (Å²) in [5, 5.41) is 10.6. The second-order valence-electron chi connectivity index (χ2n) is 25.2. The van der Waals surface area contributed by atoms with Gasteiger partial charge in [0.15, 0.2) is 12.2 Å².